The third kappa shape index (κ3) is 4.34. The number of carbonyl (C=O) groups excluding carboxylic acids is 2. The minimum absolute atomic E-state index is 0.0991. The van der Waals surface area contributed by atoms with E-state index in [4.69, 9.17) is 18.9 Å². The molecule has 0 aliphatic carbocycles. The Morgan fingerprint density at radius 1 is 1.03 bits per heavy atom. The molecular formula is C26H24N2O6. The number of carbonyl (C=O) groups is 2. The third-order valence-electron chi connectivity index (χ3n) is 5.81. The molecule has 3 aromatic rings. The molecule has 34 heavy (non-hydrogen) atoms. The number of hydrogen-bond acceptors (Lipinski definition) is 6. The zero-order valence-electron chi connectivity index (χ0n) is 18.9. The van der Waals surface area contributed by atoms with E-state index in [0.29, 0.717) is 41.6 Å². The van der Waals surface area contributed by atoms with Gasteiger partial charge in [0, 0.05) is 29.9 Å². The molecule has 0 saturated heterocycles. The highest BCUT2D eigenvalue weighted by Gasteiger charge is 2.28. The van der Waals surface area contributed by atoms with E-state index in [-0.39, 0.29) is 18.6 Å². The second kappa shape index (κ2) is 8.97. The number of anilines is 1. The standard InChI is InChI=1S/C26H24N2O6/c1-16-26(30)28(13-17-3-7-21(31-2)8-4-17)14-19-11-20(6-10-22(19)34-16)27-25(29)18-5-9-23-24(12-18)33-15-32-23/h3-12,16H,13-15H2,1-2H3,(H,27,29)/t16-/m0/s1. The van der Waals surface area contributed by atoms with E-state index in [1.165, 1.54) is 0 Å². The van der Waals surface area contributed by atoms with E-state index in [1.807, 2.05) is 30.3 Å². The van der Waals surface area contributed by atoms with Crippen LogP contribution in [0, 0.1) is 0 Å². The summed E-state index contributed by atoms with van der Waals surface area (Å²) in [6.45, 7) is 2.69. The zero-order chi connectivity index (χ0) is 23.7. The number of amides is 2. The molecule has 2 heterocycles. The number of benzene rings is 3. The smallest absolute Gasteiger partial charge is 0.263 e. The number of hydrogen-bond donors (Lipinski definition) is 1. The predicted molar refractivity (Wildman–Crippen MR) is 124 cm³/mol. The quantitative estimate of drug-likeness (QED) is 0.620. The summed E-state index contributed by atoms with van der Waals surface area (Å²) in [5.41, 5.74) is 2.86. The fraction of sp³-hybridized carbons (Fsp3) is 0.231. The summed E-state index contributed by atoms with van der Waals surface area (Å²) in [5, 5.41) is 2.91. The van der Waals surface area contributed by atoms with Crippen molar-refractivity contribution in [2.24, 2.45) is 0 Å². The second-order valence-corrected chi connectivity index (χ2v) is 8.15. The summed E-state index contributed by atoms with van der Waals surface area (Å²) in [6, 6.07) is 18.1. The highest BCUT2D eigenvalue weighted by Crippen LogP contribution is 2.33. The van der Waals surface area contributed by atoms with Crippen molar-refractivity contribution in [2.45, 2.75) is 26.1 Å². The molecular weight excluding hydrogens is 436 g/mol. The molecule has 0 fully saturated rings. The van der Waals surface area contributed by atoms with Crippen molar-refractivity contribution in [2.75, 3.05) is 19.2 Å². The number of ether oxygens (including phenoxy) is 4. The Morgan fingerprint density at radius 3 is 2.59 bits per heavy atom. The maximum Gasteiger partial charge on any atom is 0.263 e. The monoisotopic (exact) mass is 460 g/mol. The third-order valence-corrected chi connectivity index (χ3v) is 5.81. The van der Waals surface area contributed by atoms with Crippen LogP contribution < -0.4 is 24.3 Å². The lowest BCUT2D eigenvalue weighted by Gasteiger charge is -2.22. The molecule has 5 rings (SSSR count). The molecule has 3 aromatic carbocycles. The van der Waals surface area contributed by atoms with Gasteiger partial charge in [-0.25, -0.2) is 0 Å². The van der Waals surface area contributed by atoms with Crippen LogP contribution in [0.3, 0.4) is 0 Å². The van der Waals surface area contributed by atoms with Crippen LogP contribution in [0.25, 0.3) is 0 Å². The maximum atomic E-state index is 13.0. The fourth-order valence-electron chi connectivity index (χ4n) is 4.00. The largest absolute Gasteiger partial charge is 0.497 e. The second-order valence-electron chi connectivity index (χ2n) is 8.15. The van der Waals surface area contributed by atoms with Crippen molar-refractivity contribution < 1.29 is 28.5 Å². The molecule has 2 aliphatic heterocycles. The average Bonchev–Trinajstić information content (AvgIpc) is 3.29. The zero-order valence-corrected chi connectivity index (χ0v) is 18.9. The van der Waals surface area contributed by atoms with E-state index in [9.17, 15) is 9.59 Å². The van der Waals surface area contributed by atoms with Crippen LogP contribution in [-0.2, 0) is 17.9 Å². The van der Waals surface area contributed by atoms with Crippen LogP contribution in [-0.4, -0.2) is 36.7 Å². The minimum atomic E-state index is -0.617. The normalized spacial score (nSPS) is 16.4. The predicted octanol–water partition coefficient (Wildman–Crippen LogP) is 3.99. The van der Waals surface area contributed by atoms with Crippen molar-refractivity contribution >= 4 is 17.5 Å². The average molecular weight is 460 g/mol. The van der Waals surface area contributed by atoms with E-state index in [1.54, 1.807) is 49.3 Å². The highest BCUT2D eigenvalue weighted by atomic mass is 16.7. The molecule has 1 atom stereocenters. The van der Waals surface area contributed by atoms with Crippen molar-refractivity contribution in [1.82, 2.24) is 4.90 Å². The molecule has 0 aromatic heterocycles. The van der Waals surface area contributed by atoms with Crippen LogP contribution in [0.2, 0.25) is 0 Å². The lowest BCUT2D eigenvalue weighted by molar-refractivity contribution is -0.138. The molecule has 1 N–H and O–H groups in total. The topological polar surface area (TPSA) is 86.3 Å². The molecule has 0 spiro atoms. The van der Waals surface area contributed by atoms with Crippen molar-refractivity contribution in [3.8, 4) is 23.0 Å². The van der Waals surface area contributed by atoms with E-state index in [2.05, 4.69) is 5.32 Å². The SMILES string of the molecule is COc1ccc(CN2Cc3cc(NC(=O)c4ccc5c(c4)OCO5)ccc3O[C@@H](C)C2=O)cc1. The van der Waals surface area contributed by atoms with Gasteiger partial charge in [0.05, 0.1) is 7.11 Å². The lowest BCUT2D eigenvalue weighted by atomic mass is 10.1. The number of fused-ring (bicyclic) bond motifs is 2. The van der Waals surface area contributed by atoms with Crippen molar-refractivity contribution in [3.05, 3.63) is 77.4 Å². The summed E-state index contributed by atoms with van der Waals surface area (Å²) < 4.78 is 21.8. The maximum absolute atomic E-state index is 13.0. The van der Waals surface area contributed by atoms with Gasteiger partial charge in [0.15, 0.2) is 17.6 Å². The Labute approximate surface area is 197 Å². The molecule has 0 saturated carbocycles. The fourth-order valence-corrected chi connectivity index (χ4v) is 4.00. The molecule has 0 radical (unpaired) electrons. The Kier molecular flexibility index (Phi) is 5.71. The molecule has 2 amide bonds. The van der Waals surface area contributed by atoms with Gasteiger partial charge in [-0.1, -0.05) is 12.1 Å². The van der Waals surface area contributed by atoms with Crippen molar-refractivity contribution in [3.63, 3.8) is 0 Å². The van der Waals surface area contributed by atoms with Crippen LogP contribution in [0.15, 0.2) is 60.7 Å². The summed E-state index contributed by atoms with van der Waals surface area (Å²) in [6.07, 6.45) is -0.617. The summed E-state index contributed by atoms with van der Waals surface area (Å²) >= 11 is 0. The van der Waals surface area contributed by atoms with Gasteiger partial charge in [-0.3, -0.25) is 9.59 Å². The number of nitrogens with one attached hydrogen (secondary N) is 1. The molecule has 8 heteroatoms. The molecule has 0 unspecified atom stereocenters. The van der Waals surface area contributed by atoms with E-state index in [0.717, 1.165) is 16.9 Å². The summed E-state index contributed by atoms with van der Waals surface area (Å²) in [4.78, 5) is 27.5. The number of methoxy groups -OCH3 is 1. The van der Waals surface area contributed by atoms with Gasteiger partial charge in [0.2, 0.25) is 6.79 Å². The van der Waals surface area contributed by atoms with E-state index < -0.39 is 6.10 Å². The van der Waals surface area contributed by atoms with Gasteiger partial charge >= 0.3 is 0 Å². The first kappa shape index (κ1) is 21.6. The van der Waals surface area contributed by atoms with Gasteiger partial charge in [-0.05, 0) is 61.0 Å². The lowest BCUT2D eigenvalue weighted by Crippen LogP contribution is -2.37. The van der Waals surface area contributed by atoms with Crippen LogP contribution >= 0.6 is 0 Å². The Morgan fingerprint density at radius 2 is 1.79 bits per heavy atom. The molecule has 2 aliphatic rings. The number of rotatable bonds is 5. The van der Waals surface area contributed by atoms with Gasteiger partial charge in [0.1, 0.15) is 11.5 Å². The first-order valence-corrected chi connectivity index (χ1v) is 10.9. The first-order chi connectivity index (χ1) is 16.5. The highest BCUT2D eigenvalue weighted by molar-refractivity contribution is 6.04. The van der Waals surface area contributed by atoms with Crippen molar-refractivity contribution in [1.29, 1.82) is 0 Å². The van der Waals surface area contributed by atoms with Crippen LogP contribution in [0.5, 0.6) is 23.0 Å². The minimum Gasteiger partial charge on any atom is -0.497 e. The van der Waals surface area contributed by atoms with Gasteiger partial charge in [-0.2, -0.15) is 0 Å². The molecule has 174 valence electrons. The van der Waals surface area contributed by atoms with Gasteiger partial charge in [-0.15, -0.1) is 0 Å². The number of nitrogens with zero attached hydrogens (tertiary/aromatic N) is 1. The van der Waals surface area contributed by atoms with E-state index >= 15 is 0 Å². The first-order valence-electron chi connectivity index (χ1n) is 10.9. The van der Waals surface area contributed by atoms with Crippen LogP contribution in [0.4, 0.5) is 5.69 Å². The van der Waals surface area contributed by atoms with Gasteiger partial charge in [0.25, 0.3) is 11.8 Å². The molecule has 0 bridgehead atoms. The molecule has 8 nitrogen and oxygen atoms in total. The summed E-state index contributed by atoms with van der Waals surface area (Å²) in [5.74, 6) is 2.18. The van der Waals surface area contributed by atoms with Gasteiger partial charge < -0.3 is 29.2 Å². The summed E-state index contributed by atoms with van der Waals surface area (Å²) in [7, 11) is 1.62. The Bertz CT molecular complexity index is 1240. The van der Waals surface area contributed by atoms with Crippen LogP contribution in [0.1, 0.15) is 28.4 Å². The Balaban J connectivity index is 1.35. The Hall–Kier alpha value is -4.20.